The monoisotopic (exact) mass is 272 g/mol. The van der Waals surface area contributed by atoms with Gasteiger partial charge in [0.15, 0.2) is 0 Å². The van der Waals surface area contributed by atoms with E-state index in [0.29, 0.717) is 18.3 Å². The second kappa shape index (κ2) is 5.03. The Morgan fingerprint density at radius 3 is 2.67 bits per heavy atom. The van der Waals surface area contributed by atoms with Crippen LogP contribution < -0.4 is 0 Å². The Labute approximate surface area is 108 Å². The fourth-order valence-electron chi connectivity index (χ4n) is 2.07. The van der Waals surface area contributed by atoms with Gasteiger partial charge in [-0.1, -0.05) is 6.92 Å². The first kappa shape index (κ1) is 13.6. The molecule has 1 heterocycles. The minimum atomic E-state index is -3.42. The normalized spacial score (nSPS) is 16.4. The maximum atomic E-state index is 12.3. The van der Waals surface area contributed by atoms with Gasteiger partial charge in [0.1, 0.15) is 4.90 Å². The summed E-state index contributed by atoms with van der Waals surface area (Å²) in [6.45, 7) is 2.33. The van der Waals surface area contributed by atoms with Crippen LogP contribution in [0, 0.1) is 0 Å². The Bertz CT molecular complexity index is 517. The molecule has 0 bridgehead atoms. The highest BCUT2D eigenvalue weighted by Crippen LogP contribution is 2.37. The van der Waals surface area contributed by atoms with Crippen LogP contribution in [0.3, 0.4) is 0 Å². The molecule has 0 saturated heterocycles. The largest absolute Gasteiger partial charge is 0.390 e. The third kappa shape index (κ3) is 2.46. The Morgan fingerprint density at radius 1 is 1.50 bits per heavy atom. The van der Waals surface area contributed by atoms with E-state index in [9.17, 15) is 13.5 Å². The molecule has 0 amide bonds. The summed E-state index contributed by atoms with van der Waals surface area (Å²) in [6.07, 6.45) is 4.56. The van der Waals surface area contributed by atoms with Crippen molar-refractivity contribution in [3.05, 3.63) is 18.0 Å². The van der Waals surface area contributed by atoms with Crippen LogP contribution in [0.2, 0.25) is 0 Å². The maximum Gasteiger partial charge on any atom is 0.244 e. The average Bonchev–Trinajstić information content (AvgIpc) is 3.08. The molecule has 0 atom stereocenters. The highest BCUT2D eigenvalue weighted by molar-refractivity contribution is 7.89. The van der Waals surface area contributed by atoms with Crippen LogP contribution >= 0.6 is 0 Å². The van der Waals surface area contributed by atoms with E-state index in [1.54, 1.807) is 19.3 Å². The van der Waals surface area contributed by atoms with Crippen molar-refractivity contribution < 1.29 is 13.5 Å². The van der Waals surface area contributed by atoms with Crippen LogP contribution in [0.5, 0.6) is 0 Å². The van der Waals surface area contributed by atoms with Crippen molar-refractivity contribution in [3.8, 4) is 0 Å². The molecule has 1 aliphatic rings. The summed E-state index contributed by atoms with van der Waals surface area (Å²) in [7, 11) is -1.83. The predicted molar refractivity (Wildman–Crippen MR) is 68.7 cm³/mol. The summed E-state index contributed by atoms with van der Waals surface area (Å²) in [4.78, 5) is 0.286. The zero-order valence-electron chi connectivity index (χ0n) is 10.8. The van der Waals surface area contributed by atoms with Gasteiger partial charge in [-0.3, -0.25) is 0 Å². The van der Waals surface area contributed by atoms with E-state index < -0.39 is 10.0 Å². The molecule has 0 radical (unpaired) electrons. The lowest BCUT2D eigenvalue weighted by molar-refractivity contribution is 0.270. The molecule has 0 aromatic carbocycles. The zero-order valence-corrected chi connectivity index (χ0v) is 11.7. The van der Waals surface area contributed by atoms with Crippen molar-refractivity contribution in [2.45, 2.75) is 43.7 Å². The average molecular weight is 272 g/mol. The molecular formula is C12H20N2O3S. The lowest BCUT2D eigenvalue weighted by Gasteiger charge is -2.14. The van der Waals surface area contributed by atoms with Gasteiger partial charge in [0, 0.05) is 31.5 Å². The van der Waals surface area contributed by atoms with Gasteiger partial charge in [-0.2, -0.15) is 0 Å². The number of aliphatic hydroxyl groups is 1. The molecule has 0 unspecified atom stereocenters. The van der Waals surface area contributed by atoms with Crippen LogP contribution in [-0.2, 0) is 16.6 Å². The second-order valence-corrected chi connectivity index (χ2v) is 6.84. The summed E-state index contributed by atoms with van der Waals surface area (Å²) in [5.41, 5.74) is 0.681. The number of sulfonamides is 1. The minimum absolute atomic E-state index is 0.122. The van der Waals surface area contributed by atoms with Crippen molar-refractivity contribution in [1.82, 2.24) is 8.87 Å². The van der Waals surface area contributed by atoms with E-state index in [-0.39, 0.29) is 11.5 Å². The van der Waals surface area contributed by atoms with Crippen molar-refractivity contribution in [2.24, 2.45) is 0 Å². The van der Waals surface area contributed by atoms with Gasteiger partial charge in [0.2, 0.25) is 10.0 Å². The number of aliphatic hydroxyl groups excluding tert-OH is 1. The first-order valence-corrected chi connectivity index (χ1v) is 7.72. The highest BCUT2D eigenvalue weighted by Gasteiger charge is 2.29. The second-order valence-electron chi connectivity index (χ2n) is 4.79. The van der Waals surface area contributed by atoms with Gasteiger partial charge in [-0.15, -0.1) is 0 Å². The minimum Gasteiger partial charge on any atom is -0.390 e. The first-order valence-electron chi connectivity index (χ1n) is 6.28. The van der Waals surface area contributed by atoms with E-state index in [4.69, 9.17) is 0 Å². The Balaban J connectivity index is 2.32. The highest BCUT2D eigenvalue weighted by atomic mass is 32.2. The lowest BCUT2D eigenvalue weighted by Crippen LogP contribution is -2.27. The third-order valence-electron chi connectivity index (χ3n) is 3.26. The smallest absolute Gasteiger partial charge is 0.244 e. The van der Waals surface area contributed by atoms with Crippen molar-refractivity contribution in [3.63, 3.8) is 0 Å². The fourth-order valence-corrected chi connectivity index (χ4v) is 3.39. The van der Waals surface area contributed by atoms with Gasteiger partial charge < -0.3 is 9.67 Å². The number of nitrogens with zero attached hydrogens (tertiary/aromatic N) is 2. The van der Waals surface area contributed by atoms with Crippen molar-refractivity contribution >= 4 is 10.0 Å². The quantitative estimate of drug-likeness (QED) is 0.850. The van der Waals surface area contributed by atoms with Gasteiger partial charge in [-0.05, 0) is 25.3 Å². The van der Waals surface area contributed by atoms with Crippen LogP contribution in [0.25, 0.3) is 0 Å². The standard InChI is InChI=1S/C12H20N2O3S/c1-3-6-13(2)18(16,17)12-7-11(9-15)14(8-12)10-4-5-10/h7-8,10,15H,3-6,9H2,1-2H3. The molecule has 1 aliphatic carbocycles. The van der Waals surface area contributed by atoms with Gasteiger partial charge in [0.05, 0.1) is 6.61 Å². The van der Waals surface area contributed by atoms with Crippen LogP contribution in [0.15, 0.2) is 17.2 Å². The molecule has 18 heavy (non-hydrogen) atoms. The molecule has 0 aliphatic heterocycles. The van der Waals surface area contributed by atoms with E-state index in [1.807, 2.05) is 11.5 Å². The molecule has 102 valence electrons. The summed E-state index contributed by atoms with van der Waals surface area (Å²) in [5, 5.41) is 9.29. The van der Waals surface area contributed by atoms with E-state index in [0.717, 1.165) is 19.3 Å². The molecule has 0 spiro atoms. The number of hydrogen-bond donors (Lipinski definition) is 1. The number of hydrogen-bond acceptors (Lipinski definition) is 3. The molecule has 1 N–H and O–H groups in total. The van der Waals surface area contributed by atoms with Crippen molar-refractivity contribution in [1.29, 1.82) is 0 Å². The number of rotatable bonds is 6. The molecule has 1 aromatic rings. The van der Waals surface area contributed by atoms with E-state index in [2.05, 4.69) is 0 Å². The molecular weight excluding hydrogens is 252 g/mol. The topological polar surface area (TPSA) is 62.5 Å². The summed E-state index contributed by atoms with van der Waals surface area (Å²) >= 11 is 0. The maximum absolute atomic E-state index is 12.3. The molecule has 1 saturated carbocycles. The SMILES string of the molecule is CCCN(C)S(=O)(=O)c1cc(CO)n(C2CC2)c1. The molecule has 1 aromatic heterocycles. The zero-order chi connectivity index (χ0) is 13.3. The van der Waals surface area contributed by atoms with E-state index in [1.165, 1.54) is 4.31 Å². The summed E-state index contributed by atoms with van der Waals surface area (Å²) in [6, 6.07) is 1.95. The molecule has 2 rings (SSSR count). The first-order chi connectivity index (χ1) is 8.50. The summed E-state index contributed by atoms with van der Waals surface area (Å²) in [5.74, 6) is 0. The van der Waals surface area contributed by atoms with E-state index >= 15 is 0 Å². The third-order valence-corrected chi connectivity index (χ3v) is 5.08. The van der Waals surface area contributed by atoms with Crippen LogP contribution in [0.1, 0.15) is 37.9 Å². The Morgan fingerprint density at radius 2 is 2.17 bits per heavy atom. The van der Waals surface area contributed by atoms with Gasteiger partial charge in [-0.25, -0.2) is 12.7 Å². The van der Waals surface area contributed by atoms with Crippen LogP contribution in [0.4, 0.5) is 0 Å². The fraction of sp³-hybridized carbons (Fsp3) is 0.667. The Hall–Kier alpha value is -0.850. The number of aromatic nitrogens is 1. The molecule has 1 fully saturated rings. The van der Waals surface area contributed by atoms with Gasteiger partial charge >= 0.3 is 0 Å². The summed E-state index contributed by atoms with van der Waals surface area (Å²) < 4.78 is 27.8. The lowest BCUT2D eigenvalue weighted by atomic mass is 10.4. The van der Waals surface area contributed by atoms with Gasteiger partial charge in [0.25, 0.3) is 0 Å². The van der Waals surface area contributed by atoms with Crippen molar-refractivity contribution in [2.75, 3.05) is 13.6 Å². The van der Waals surface area contributed by atoms with Crippen LogP contribution in [-0.4, -0.2) is 36.0 Å². The Kier molecular flexibility index (Phi) is 3.79. The molecule has 5 nitrogen and oxygen atoms in total. The molecule has 6 heteroatoms. The predicted octanol–water partition coefficient (Wildman–Crippen LogP) is 1.35.